The van der Waals surface area contributed by atoms with Crippen molar-refractivity contribution in [1.29, 1.82) is 0 Å². The Labute approximate surface area is 105 Å². The largest absolute Gasteiger partial charge is 0.382 e. The minimum absolute atomic E-state index is 0.446. The first kappa shape index (κ1) is 11.0. The van der Waals surface area contributed by atoms with Gasteiger partial charge in [0.2, 0.25) is 0 Å². The van der Waals surface area contributed by atoms with Gasteiger partial charge in [-0.15, -0.1) is 11.3 Å². The van der Waals surface area contributed by atoms with Crippen LogP contribution in [0.25, 0.3) is 10.2 Å². The third kappa shape index (κ3) is 2.15. The van der Waals surface area contributed by atoms with Gasteiger partial charge in [-0.1, -0.05) is 0 Å². The Morgan fingerprint density at radius 2 is 2.24 bits per heavy atom. The molecule has 90 valence electrons. The van der Waals surface area contributed by atoms with Gasteiger partial charge >= 0.3 is 0 Å². The summed E-state index contributed by atoms with van der Waals surface area (Å²) in [5, 5.41) is 4.67. The highest BCUT2D eigenvalue weighted by Crippen LogP contribution is 2.29. The number of aromatic nitrogens is 1. The molecule has 3 nitrogen and oxygen atoms in total. The number of benzene rings is 1. The van der Waals surface area contributed by atoms with Gasteiger partial charge in [0.05, 0.1) is 21.3 Å². The Morgan fingerprint density at radius 3 is 3.00 bits per heavy atom. The summed E-state index contributed by atoms with van der Waals surface area (Å²) in [6.45, 7) is 2.05. The number of fused-ring (bicyclic) bond motifs is 1. The van der Waals surface area contributed by atoms with Crippen molar-refractivity contribution in [1.82, 2.24) is 4.98 Å². The number of anilines is 1. The van der Waals surface area contributed by atoms with Gasteiger partial charge in [0.15, 0.2) is 0 Å². The molecule has 0 amide bonds. The molecule has 1 aliphatic carbocycles. The molecule has 1 N–H and O–H groups in total. The third-order valence-electron chi connectivity index (χ3n) is 3.29. The number of thiazole rings is 1. The smallest absolute Gasteiger partial charge is 0.0907 e. The van der Waals surface area contributed by atoms with Gasteiger partial charge in [-0.05, 0) is 38.0 Å². The average molecular weight is 248 g/mol. The number of aryl methyl sites for hydroxylation is 1. The first-order valence-electron chi connectivity index (χ1n) is 5.91. The van der Waals surface area contributed by atoms with Gasteiger partial charge in [-0.2, -0.15) is 0 Å². The van der Waals surface area contributed by atoms with Crippen LogP contribution in [0.15, 0.2) is 18.2 Å². The van der Waals surface area contributed by atoms with E-state index >= 15 is 0 Å². The third-order valence-corrected chi connectivity index (χ3v) is 4.23. The number of methoxy groups -OCH3 is 1. The fourth-order valence-electron chi connectivity index (χ4n) is 2.24. The molecule has 4 heteroatoms. The lowest BCUT2D eigenvalue weighted by Crippen LogP contribution is -2.40. The molecule has 0 radical (unpaired) electrons. The topological polar surface area (TPSA) is 34.1 Å². The van der Waals surface area contributed by atoms with Gasteiger partial charge < -0.3 is 10.1 Å². The normalized spacial score (nSPS) is 23.6. The van der Waals surface area contributed by atoms with E-state index in [0.29, 0.717) is 12.1 Å². The number of nitrogens with zero attached hydrogens (tertiary/aromatic N) is 1. The Balaban J connectivity index is 1.73. The molecule has 1 aromatic heterocycles. The average Bonchev–Trinajstić information content (AvgIpc) is 2.62. The van der Waals surface area contributed by atoms with E-state index in [0.717, 1.165) is 23.4 Å². The van der Waals surface area contributed by atoms with Crippen LogP contribution in [0, 0.1) is 6.92 Å². The first-order valence-corrected chi connectivity index (χ1v) is 6.73. The summed E-state index contributed by atoms with van der Waals surface area (Å²) in [6.07, 6.45) is 2.66. The second-order valence-corrected chi connectivity index (χ2v) is 5.82. The Kier molecular flexibility index (Phi) is 2.76. The zero-order chi connectivity index (χ0) is 11.8. The molecule has 1 heterocycles. The molecule has 3 rings (SSSR count). The summed E-state index contributed by atoms with van der Waals surface area (Å²) in [6, 6.07) is 6.96. The lowest BCUT2D eigenvalue weighted by Gasteiger charge is -2.35. The minimum Gasteiger partial charge on any atom is -0.382 e. The van der Waals surface area contributed by atoms with E-state index in [4.69, 9.17) is 4.74 Å². The van der Waals surface area contributed by atoms with E-state index in [2.05, 4.69) is 28.5 Å². The van der Waals surface area contributed by atoms with E-state index in [9.17, 15) is 0 Å². The number of ether oxygens (including phenoxy) is 1. The molecular formula is C13H16N2OS. The van der Waals surface area contributed by atoms with Gasteiger partial charge in [0.1, 0.15) is 0 Å². The lowest BCUT2D eigenvalue weighted by atomic mass is 9.89. The van der Waals surface area contributed by atoms with Crippen LogP contribution in [0.1, 0.15) is 17.8 Å². The van der Waals surface area contributed by atoms with E-state index in [1.165, 1.54) is 10.4 Å². The highest BCUT2D eigenvalue weighted by Gasteiger charge is 2.28. The van der Waals surface area contributed by atoms with E-state index < -0.39 is 0 Å². The van der Waals surface area contributed by atoms with Crippen LogP contribution in [-0.4, -0.2) is 24.2 Å². The van der Waals surface area contributed by atoms with Crippen LogP contribution in [0.2, 0.25) is 0 Å². The summed E-state index contributed by atoms with van der Waals surface area (Å²) in [5.41, 5.74) is 2.29. The molecule has 0 bridgehead atoms. The van der Waals surface area contributed by atoms with Crippen molar-refractivity contribution in [2.24, 2.45) is 0 Å². The van der Waals surface area contributed by atoms with Crippen molar-refractivity contribution >= 4 is 27.2 Å². The Bertz CT molecular complexity index is 531. The maximum atomic E-state index is 5.28. The van der Waals surface area contributed by atoms with Crippen LogP contribution in [-0.2, 0) is 4.74 Å². The highest BCUT2D eigenvalue weighted by molar-refractivity contribution is 7.18. The number of nitrogens with one attached hydrogen (secondary N) is 1. The zero-order valence-electron chi connectivity index (χ0n) is 10.1. The van der Waals surface area contributed by atoms with Crippen molar-refractivity contribution in [3.63, 3.8) is 0 Å². The van der Waals surface area contributed by atoms with Crippen LogP contribution in [0.5, 0.6) is 0 Å². The van der Waals surface area contributed by atoms with Crippen LogP contribution in [0.4, 0.5) is 5.69 Å². The quantitative estimate of drug-likeness (QED) is 0.905. The van der Waals surface area contributed by atoms with Crippen molar-refractivity contribution in [3.05, 3.63) is 23.2 Å². The molecule has 0 spiro atoms. The standard InChI is InChI=1S/C13H16N2OS/c1-8-14-12-4-3-9(7-13(12)17-8)15-10-5-11(6-10)16-2/h3-4,7,10-11,15H,5-6H2,1-2H3. The molecular weight excluding hydrogens is 232 g/mol. The van der Waals surface area contributed by atoms with Crippen molar-refractivity contribution < 1.29 is 4.74 Å². The van der Waals surface area contributed by atoms with Crippen molar-refractivity contribution in [3.8, 4) is 0 Å². The molecule has 0 saturated heterocycles. The molecule has 0 atom stereocenters. The first-order chi connectivity index (χ1) is 8.24. The second kappa shape index (κ2) is 4.27. The van der Waals surface area contributed by atoms with Crippen LogP contribution >= 0.6 is 11.3 Å². The molecule has 0 aliphatic heterocycles. The fourth-order valence-corrected chi connectivity index (χ4v) is 3.11. The second-order valence-electron chi connectivity index (χ2n) is 4.59. The molecule has 1 aromatic carbocycles. The number of rotatable bonds is 3. The van der Waals surface area contributed by atoms with Crippen molar-refractivity contribution in [2.45, 2.75) is 31.9 Å². The number of hydrogen-bond donors (Lipinski definition) is 1. The maximum absolute atomic E-state index is 5.28. The molecule has 1 fully saturated rings. The van der Waals surface area contributed by atoms with E-state index in [1.54, 1.807) is 18.4 Å². The predicted molar refractivity (Wildman–Crippen MR) is 71.8 cm³/mol. The Morgan fingerprint density at radius 1 is 1.41 bits per heavy atom. The monoisotopic (exact) mass is 248 g/mol. The predicted octanol–water partition coefficient (Wildman–Crippen LogP) is 3.19. The van der Waals surface area contributed by atoms with Gasteiger partial charge in [0.25, 0.3) is 0 Å². The van der Waals surface area contributed by atoms with E-state index in [1.807, 2.05) is 6.92 Å². The zero-order valence-corrected chi connectivity index (χ0v) is 10.9. The van der Waals surface area contributed by atoms with E-state index in [-0.39, 0.29) is 0 Å². The summed E-state index contributed by atoms with van der Waals surface area (Å²) in [4.78, 5) is 4.46. The maximum Gasteiger partial charge on any atom is 0.0907 e. The SMILES string of the molecule is COC1CC(Nc2ccc3nc(C)sc3c2)C1. The highest BCUT2D eigenvalue weighted by atomic mass is 32.1. The van der Waals surface area contributed by atoms with Crippen molar-refractivity contribution in [2.75, 3.05) is 12.4 Å². The molecule has 1 aliphatic rings. The molecule has 2 aromatic rings. The van der Waals surface area contributed by atoms with Gasteiger partial charge in [-0.25, -0.2) is 4.98 Å². The van der Waals surface area contributed by atoms with Crippen LogP contribution < -0.4 is 5.32 Å². The van der Waals surface area contributed by atoms with Gasteiger partial charge in [-0.3, -0.25) is 0 Å². The molecule has 1 saturated carbocycles. The molecule has 0 unspecified atom stereocenters. The number of hydrogen-bond acceptors (Lipinski definition) is 4. The molecule has 17 heavy (non-hydrogen) atoms. The Hall–Kier alpha value is -1.13. The summed E-state index contributed by atoms with van der Waals surface area (Å²) in [7, 11) is 1.78. The summed E-state index contributed by atoms with van der Waals surface area (Å²) < 4.78 is 6.54. The minimum atomic E-state index is 0.446. The lowest BCUT2D eigenvalue weighted by molar-refractivity contribution is 0.0329. The summed E-state index contributed by atoms with van der Waals surface area (Å²) in [5.74, 6) is 0. The van der Waals surface area contributed by atoms with Crippen LogP contribution in [0.3, 0.4) is 0 Å². The van der Waals surface area contributed by atoms with Gasteiger partial charge in [0, 0.05) is 18.8 Å². The summed E-state index contributed by atoms with van der Waals surface area (Å²) >= 11 is 1.75. The fraction of sp³-hybridized carbons (Fsp3) is 0.462.